The summed E-state index contributed by atoms with van der Waals surface area (Å²) in [6.45, 7) is 11.4. The van der Waals surface area contributed by atoms with Crippen LogP contribution in [0.3, 0.4) is 0 Å². The highest BCUT2D eigenvalue weighted by molar-refractivity contribution is 4.78. The van der Waals surface area contributed by atoms with Gasteiger partial charge >= 0.3 is 0 Å². The van der Waals surface area contributed by atoms with E-state index in [4.69, 9.17) is 4.74 Å². The molecule has 0 radical (unpaired) electrons. The van der Waals surface area contributed by atoms with Gasteiger partial charge in [-0.05, 0) is 52.2 Å². The van der Waals surface area contributed by atoms with Crippen molar-refractivity contribution < 1.29 is 4.74 Å². The summed E-state index contributed by atoms with van der Waals surface area (Å²) in [4.78, 5) is 2.55. The maximum Gasteiger partial charge on any atom is 0.0695 e. The summed E-state index contributed by atoms with van der Waals surface area (Å²) in [6.07, 6.45) is 3.02. The molecule has 0 saturated carbocycles. The van der Waals surface area contributed by atoms with Crippen molar-refractivity contribution in [2.45, 2.75) is 45.8 Å². The van der Waals surface area contributed by atoms with Gasteiger partial charge in [-0.25, -0.2) is 0 Å². The zero-order valence-corrected chi connectivity index (χ0v) is 11.3. The molecule has 1 fully saturated rings. The molecule has 1 saturated heterocycles. The Hall–Kier alpha value is -0.120. The van der Waals surface area contributed by atoms with E-state index in [1.807, 2.05) is 0 Å². The van der Waals surface area contributed by atoms with Crippen LogP contribution in [0, 0.1) is 5.92 Å². The van der Waals surface area contributed by atoms with E-state index in [0.29, 0.717) is 12.1 Å². The molecule has 1 heterocycles. The van der Waals surface area contributed by atoms with Crippen LogP contribution in [0.2, 0.25) is 0 Å². The normalized spacial score (nSPS) is 25.7. The van der Waals surface area contributed by atoms with Crippen LogP contribution in [0.15, 0.2) is 0 Å². The Morgan fingerprint density at radius 1 is 1.44 bits per heavy atom. The van der Waals surface area contributed by atoms with Gasteiger partial charge in [-0.1, -0.05) is 6.92 Å². The summed E-state index contributed by atoms with van der Waals surface area (Å²) >= 11 is 0. The molecule has 1 aliphatic rings. The predicted molar refractivity (Wildman–Crippen MR) is 68.8 cm³/mol. The number of nitrogens with one attached hydrogen (secondary N) is 1. The Balaban J connectivity index is 2.40. The molecule has 1 aliphatic heterocycles. The summed E-state index contributed by atoms with van der Waals surface area (Å²) in [5.74, 6) is 0.820. The smallest absolute Gasteiger partial charge is 0.0695 e. The molecule has 0 aromatic carbocycles. The molecular formula is C13H28N2O. The first kappa shape index (κ1) is 13.9. The topological polar surface area (TPSA) is 24.5 Å². The minimum absolute atomic E-state index is 0.316. The van der Waals surface area contributed by atoms with Crippen molar-refractivity contribution >= 4 is 0 Å². The third-order valence-corrected chi connectivity index (χ3v) is 3.92. The number of nitrogens with zero attached hydrogens (tertiary/aromatic N) is 1. The van der Waals surface area contributed by atoms with Gasteiger partial charge in [-0.3, -0.25) is 4.90 Å². The van der Waals surface area contributed by atoms with E-state index in [1.54, 1.807) is 7.11 Å². The number of likely N-dealkylation sites (N-methyl/N-ethyl adjacent to an activating group) is 1. The highest BCUT2D eigenvalue weighted by Gasteiger charge is 2.22. The largest absolute Gasteiger partial charge is 0.380 e. The second-order valence-corrected chi connectivity index (χ2v) is 4.98. The highest BCUT2D eigenvalue weighted by atomic mass is 16.5. The summed E-state index contributed by atoms with van der Waals surface area (Å²) in [5, 5.41) is 3.49. The van der Waals surface area contributed by atoms with Gasteiger partial charge in [-0.2, -0.15) is 0 Å². The first-order valence-electron chi connectivity index (χ1n) is 6.66. The van der Waals surface area contributed by atoms with Crippen LogP contribution < -0.4 is 5.32 Å². The summed E-state index contributed by atoms with van der Waals surface area (Å²) < 4.78 is 5.43. The van der Waals surface area contributed by atoms with Gasteiger partial charge in [0.25, 0.3) is 0 Å². The maximum absolute atomic E-state index is 5.43. The molecule has 3 unspecified atom stereocenters. The number of piperidine rings is 1. The Morgan fingerprint density at radius 2 is 2.19 bits per heavy atom. The summed E-state index contributed by atoms with van der Waals surface area (Å²) in [7, 11) is 1.80. The van der Waals surface area contributed by atoms with Crippen LogP contribution in [0.4, 0.5) is 0 Å². The van der Waals surface area contributed by atoms with Crippen LogP contribution in [0.25, 0.3) is 0 Å². The molecule has 1 rings (SSSR count). The Bertz CT molecular complexity index is 181. The minimum Gasteiger partial charge on any atom is -0.380 e. The van der Waals surface area contributed by atoms with E-state index in [0.717, 1.165) is 12.5 Å². The Kier molecular flexibility index (Phi) is 6.32. The van der Waals surface area contributed by atoms with Crippen molar-refractivity contribution in [2.24, 2.45) is 5.92 Å². The Morgan fingerprint density at radius 3 is 2.69 bits per heavy atom. The summed E-state index contributed by atoms with van der Waals surface area (Å²) in [6, 6.07) is 0.511. The molecule has 0 amide bonds. The molecule has 0 spiro atoms. The number of methoxy groups -OCH3 is 1. The van der Waals surface area contributed by atoms with Crippen LogP contribution >= 0.6 is 0 Å². The van der Waals surface area contributed by atoms with Crippen LogP contribution in [0.1, 0.15) is 33.6 Å². The summed E-state index contributed by atoms with van der Waals surface area (Å²) in [5.41, 5.74) is 0. The SMILES string of the molecule is CCN(CC1CCCNC1)C(C)C(C)OC. The molecule has 0 aromatic heterocycles. The maximum atomic E-state index is 5.43. The quantitative estimate of drug-likeness (QED) is 0.749. The lowest BCUT2D eigenvalue weighted by molar-refractivity contribution is 0.0274. The second kappa shape index (κ2) is 7.25. The fourth-order valence-electron chi connectivity index (χ4n) is 2.49. The molecule has 3 nitrogen and oxygen atoms in total. The van der Waals surface area contributed by atoms with Crippen LogP contribution in [-0.4, -0.2) is 50.3 Å². The molecule has 0 aliphatic carbocycles. The molecule has 0 aromatic rings. The lowest BCUT2D eigenvalue weighted by atomic mass is 9.98. The highest BCUT2D eigenvalue weighted by Crippen LogP contribution is 2.15. The molecule has 3 atom stereocenters. The van der Waals surface area contributed by atoms with E-state index in [9.17, 15) is 0 Å². The molecule has 0 bridgehead atoms. The average Bonchev–Trinajstić information content (AvgIpc) is 2.35. The number of ether oxygens (including phenoxy) is 1. The first-order chi connectivity index (χ1) is 7.69. The standard InChI is InChI=1S/C13H28N2O/c1-5-15(11(2)12(3)16-4)10-13-7-6-8-14-9-13/h11-14H,5-10H2,1-4H3. The minimum atomic E-state index is 0.316. The lowest BCUT2D eigenvalue weighted by Gasteiger charge is -2.35. The van der Waals surface area contributed by atoms with Gasteiger partial charge in [0, 0.05) is 19.7 Å². The van der Waals surface area contributed by atoms with Crippen LogP contribution in [-0.2, 0) is 4.74 Å². The van der Waals surface area contributed by atoms with Gasteiger partial charge < -0.3 is 10.1 Å². The van der Waals surface area contributed by atoms with Gasteiger partial charge in [0.2, 0.25) is 0 Å². The fourth-order valence-corrected chi connectivity index (χ4v) is 2.49. The van der Waals surface area contributed by atoms with Gasteiger partial charge in [0.1, 0.15) is 0 Å². The van der Waals surface area contributed by atoms with E-state index in [2.05, 4.69) is 31.0 Å². The van der Waals surface area contributed by atoms with Crippen LogP contribution in [0.5, 0.6) is 0 Å². The van der Waals surface area contributed by atoms with Crippen molar-refractivity contribution in [2.75, 3.05) is 33.3 Å². The average molecular weight is 228 g/mol. The predicted octanol–water partition coefficient (Wildman–Crippen LogP) is 1.73. The number of hydrogen-bond donors (Lipinski definition) is 1. The van der Waals surface area contributed by atoms with E-state index in [1.165, 1.54) is 32.5 Å². The molecule has 16 heavy (non-hydrogen) atoms. The third-order valence-electron chi connectivity index (χ3n) is 3.92. The molecule has 3 heteroatoms. The molecule has 1 N–H and O–H groups in total. The number of hydrogen-bond acceptors (Lipinski definition) is 3. The van der Waals surface area contributed by atoms with Crippen molar-refractivity contribution in [3.8, 4) is 0 Å². The van der Waals surface area contributed by atoms with E-state index < -0.39 is 0 Å². The number of rotatable bonds is 6. The zero-order valence-electron chi connectivity index (χ0n) is 11.3. The Labute approximate surface area is 101 Å². The first-order valence-corrected chi connectivity index (χ1v) is 6.66. The monoisotopic (exact) mass is 228 g/mol. The molecule has 96 valence electrons. The van der Waals surface area contributed by atoms with Crippen molar-refractivity contribution in [3.63, 3.8) is 0 Å². The fraction of sp³-hybridized carbons (Fsp3) is 1.00. The van der Waals surface area contributed by atoms with E-state index >= 15 is 0 Å². The molecular weight excluding hydrogens is 200 g/mol. The van der Waals surface area contributed by atoms with Crippen molar-refractivity contribution in [1.82, 2.24) is 10.2 Å². The van der Waals surface area contributed by atoms with Gasteiger partial charge in [0.15, 0.2) is 0 Å². The van der Waals surface area contributed by atoms with E-state index in [-0.39, 0.29) is 0 Å². The van der Waals surface area contributed by atoms with Gasteiger partial charge in [0.05, 0.1) is 6.10 Å². The third kappa shape index (κ3) is 4.04. The lowest BCUT2D eigenvalue weighted by Crippen LogP contribution is -2.46. The van der Waals surface area contributed by atoms with Gasteiger partial charge in [-0.15, -0.1) is 0 Å². The van der Waals surface area contributed by atoms with Crippen molar-refractivity contribution in [1.29, 1.82) is 0 Å². The van der Waals surface area contributed by atoms with Crippen molar-refractivity contribution in [3.05, 3.63) is 0 Å². The second-order valence-electron chi connectivity index (χ2n) is 4.98. The zero-order chi connectivity index (χ0) is 12.0.